The van der Waals surface area contributed by atoms with Crippen molar-refractivity contribution in [3.63, 3.8) is 0 Å². The van der Waals surface area contributed by atoms with Crippen molar-refractivity contribution < 1.29 is 23.1 Å². The molecule has 1 saturated heterocycles. The SMILES string of the molecule is CS(=O)(=O)N1CCC[C@@H](C(=O)NCc2cccc(C(=O)O)c2)C1. The third-order valence-electron chi connectivity index (χ3n) is 3.86. The highest BCUT2D eigenvalue weighted by Gasteiger charge is 2.29. The molecule has 2 rings (SSSR count). The Bertz CT molecular complexity index is 702. The van der Waals surface area contributed by atoms with E-state index in [9.17, 15) is 18.0 Å². The Balaban J connectivity index is 1.94. The van der Waals surface area contributed by atoms with E-state index in [0.717, 1.165) is 6.26 Å². The van der Waals surface area contributed by atoms with E-state index in [-0.39, 0.29) is 30.5 Å². The maximum atomic E-state index is 12.2. The maximum Gasteiger partial charge on any atom is 0.335 e. The number of carbonyl (C=O) groups is 2. The number of amides is 1. The summed E-state index contributed by atoms with van der Waals surface area (Å²) < 4.78 is 24.5. The summed E-state index contributed by atoms with van der Waals surface area (Å²) in [7, 11) is -3.29. The zero-order valence-corrected chi connectivity index (χ0v) is 13.7. The van der Waals surface area contributed by atoms with Crippen molar-refractivity contribution in [2.24, 2.45) is 5.92 Å². The number of sulfonamides is 1. The van der Waals surface area contributed by atoms with E-state index in [1.807, 2.05) is 0 Å². The van der Waals surface area contributed by atoms with Gasteiger partial charge < -0.3 is 10.4 Å². The Morgan fingerprint density at radius 3 is 2.78 bits per heavy atom. The molecule has 0 saturated carbocycles. The fourth-order valence-electron chi connectivity index (χ4n) is 2.61. The number of piperidine rings is 1. The predicted octanol–water partition coefficient (Wildman–Crippen LogP) is 0.673. The molecule has 0 spiro atoms. The van der Waals surface area contributed by atoms with Crippen LogP contribution in [0, 0.1) is 5.92 Å². The topological polar surface area (TPSA) is 104 Å². The molecular weight excluding hydrogens is 320 g/mol. The molecule has 23 heavy (non-hydrogen) atoms. The molecule has 1 aromatic rings. The minimum Gasteiger partial charge on any atom is -0.478 e. The van der Waals surface area contributed by atoms with Gasteiger partial charge in [-0.25, -0.2) is 17.5 Å². The summed E-state index contributed by atoms with van der Waals surface area (Å²) in [5, 5.41) is 11.7. The molecule has 1 amide bonds. The lowest BCUT2D eigenvalue weighted by molar-refractivity contribution is -0.126. The number of aromatic carboxylic acids is 1. The van der Waals surface area contributed by atoms with E-state index in [1.54, 1.807) is 12.1 Å². The van der Waals surface area contributed by atoms with Gasteiger partial charge in [0.1, 0.15) is 0 Å². The van der Waals surface area contributed by atoms with Crippen LogP contribution in [0.15, 0.2) is 24.3 Å². The first-order valence-corrected chi connectivity index (χ1v) is 9.17. The Kier molecular flexibility index (Phi) is 5.38. The van der Waals surface area contributed by atoms with Crippen molar-refractivity contribution in [2.45, 2.75) is 19.4 Å². The standard InChI is InChI=1S/C15H20N2O5S/c1-23(21,22)17-7-3-6-13(10-17)14(18)16-9-11-4-2-5-12(8-11)15(19)20/h2,4-5,8,13H,3,6-7,9-10H2,1H3,(H,16,18)(H,19,20)/t13-/m1/s1. The van der Waals surface area contributed by atoms with Gasteiger partial charge in [-0.05, 0) is 30.5 Å². The predicted molar refractivity (Wildman–Crippen MR) is 84.4 cm³/mol. The van der Waals surface area contributed by atoms with E-state index in [4.69, 9.17) is 5.11 Å². The number of rotatable bonds is 5. The zero-order valence-electron chi connectivity index (χ0n) is 12.9. The molecule has 8 heteroatoms. The molecule has 1 heterocycles. The molecule has 126 valence electrons. The molecule has 1 atom stereocenters. The van der Waals surface area contributed by atoms with Gasteiger partial charge >= 0.3 is 5.97 Å². The minimum absolute atomic E-state index is 0.165. The van der Waals surface area contributed by atoms with Crippen molar-refractivity contribution in [1.82, 2.24) is 9.62 Å². The maximum absolute atomic E-state index is 12.2. The molecule has 0 aliphatic carbocycles. The fraction of sp³-hybridized carbons (Fsp3) is 0.467. The normalized spacial score (nSPS) is 19.3. The van der Waals surface area contributed by atoms with Crippen LogP contribution in [0.2, 0.25) is 0 Å². The lowest BCUT2D eigenvalue weighted by Crippen LogP contribution is -2.44. The number of hydrogen-bond donors (Lipinski definition) is 2. The number of nitrogens with zero attached hydrogens (tertiary/aromatic N) is 1. The molecule has 7 nitrogen and oxygen atoms in total. The van der Waals surface area contributed by atoms with E-state index in [1.165, 1.54) is 16.4 Å². The summed E-state index contributed by atoms with van der Waals surface area (Å²) in [5.74, 6) is -1.60. The Morgan fingerprint density at radius 1 is 1.39 bits per heavy atom. The molecular formula is C15H20N2O5S. The van der Waals surface area contributed by atoms with E-state index in [2.05, 4.69) is 5.32 Å². The number of carbonyl (C=O) groups excluding carboxylic acids is 1. The average Bonchev–Trinajstić information content (AvgIpc) is 2.52. The summed E-state index contributed by atoms with van der Waals surface area (Å²) in [6, 6.07) is 6.35. The lowest BCUT2D eigenvalue weighted by atomic mass is 9.98. The van der Waals surface area contributed by atoms with Crippen LogP contribution in [-0.4, -0.2) is 49.1 Å². The number of benzene rings is 1. The first-order valence-electron chi connectivity index (χ1n) is 7.32. The fourth-order valence-corrected chi connectivity index (χ4v) is 3.52. The van der Waals surface area contributed by atoms with Crippen LogP contribution in [-0.2, 0) is 21.4 Å². The van der Waals surface area contributed by atoms with Crippen LogP contribution in [0.25, 0.3) is 0 Å². The van der Waals surface area contributed by atoms with Crippen molar-refractivity contribution in [2.75, 3.05) is 19.3 Å². The Morgan fingerprint density at radius 2 is 2.13 bits per heavy atom. The first-order chi connectivity index (χ1) is 10.8. The van der Waals surface area contributed by atoms with Gasteiger partial charge in [0.05, 0.1) is 17.7 Å². The van der Waals surface area contributed by atoms with Gasteiger partial charge in [-0.15, -0.1) is 0 Å². The number of nitrogens with one attached hydrogen (secondary N) is 1. The van der Waals surface area contributed by atoms with E-state index in [0.29, 0.717) is 24.9 Å². The molecule has 1 aromatic carbocycles. The quantitative estimate of drug-likeness (QED) is 0.820. The van der Waals surface area contributed by atoms with Crippen LogP contribution in [0.5, 0.6) is 0 Å². The molecule has 0 unspecified atom stereocenters. The third-order valence-corrected chi connectivity index (χ3v) is 5.13. The van der Waals surface area contributed by atoms with Crippen LogP contribution in [0.3, 0.4) is 0 Å². The van der Waals surface area contributed by atoms with Crippen LogP contribution in [0.4, 0.5) is 0 Å². The van der Waals surface area contributed by atoms with Gasteiger partial charge in [0.25, 0.3) is 0 Å². The van der Waals surface area contributed by atoms with Crippen molar-refractivity contribution in [3.8, 4) is 0 Å². The average molecular weight is 340 g/mol. The van der Waals surface area contributed by atoms with Crippen LogP contribution >= 0.6 is 0 Å². The van der Waals surface area contributed by atoms with Crippen molar-refractivity contribution in [1.29, 1.82) is 0 Å². The Hall–Kier alpha value is -1.93. The second-order valence-corrected chi connectivity index (χ2v) is 7.67. The minimum atomic E-state index is -3.29. The highest BCUT2D eigenvalue weighted by atomic mass is 32.2. The van der Waals surface area contributed by atoms with Crippen LogP contribution in [0.1, 0.15) is 28.8 Å². The second kappa shape index (κ2) is 7.10. The second-order valence-electron chi connectivity index (χ2n) is 5.68. The van der Waals surface area contributed by atoms with Gasteiger partial charge in [0, 0.05) is 19.6 Å². The van der Waals surface area contributed by atoms with E-state index < -0.39 is 16.0 Å². The molecule has 1 aliphatic heterocycles. The summed E-state index contributed by atoms with van der Waals surface area (Å²) in [5.41, 5.74) is 0.853. The molecule has 0 aromatic heterocycles. The van der Waals surface area contributed by atoms with Gasteiger partial charge in [0.2, 0.25) is 15.9 Å². The zero-order chi connectivity index (χ0) is 17.0. The number of carboxylic acid groups (broad SMARTS) is 1. The summed E-state index contributed by atoms with van der Waals surface area (Å²) >= 11 is 0. The largest absolute Gasteiger partial charge is 0.478 e. The van der Waals surface area contributed by atoms with Gasteiger partial charge in [-0.3, -0.25) is 4.79 Å². The summed E-state index contributed by atoms with van der Waals surface area (Å²) in [6.07, 6.45) is 2.44. The molecule has 1 fully saturated rings. The van der Waals surface area contributed by atoms with E-state index >= 15 is 0 Å². The molecule has 1 aliphatic rings. The smallest absolute Gasteiger partial charge is 0.335 e. The monoisotopic (exact) mass is 340 g/mol. The van der Waals surface area contributed by atoms with Gasteiger partial charge in [-0.1, -0.05) is 12.1 Å². The highest BCUT2D eigenvalue weighted by molar-refractivity contribution is 7.88. The lowest BCUT2D eigenvalue weighted by Gasteiger charge is -2.30. The van der Waals surface area contributed by atoms with Crippen molar-refractivity contribution >= 4 is 21.9 Å². The van der Waals surface area contributed by atoms with Crippen LogP contribution < -0.4 is 5.32 Å². The molecule has 2 N–H and O–H groups in total. The number of hydrogen-bond acceptors (Lipinski definition) is 4. The van der Waals surface area contributed by atoms with Gasteiger partial charge in [0.15, 0.2) is 0 Å². The highest BCUT2D eigenvalue weighted by Crippen LogP contribution is 2.19. The summed E-state index contributed by atoms with van der Waals surface area (Å²) in [6.45, 7) is 0.860. The van der Waals surface area contributed by atoms with Gasteiger partial charge in [-0.2, -0.15) is 0 Å². The third kappa shape index (κ3) is 4.77. The number of carboxylic acids is 1. The summed E-state index contributed by atoms with van der Waals surface area (Å²) in [4.78, 5) is 23.1. The van der Waals surface area contributed by atoms with Crippen molar-refractivity contribution in [3.05, 3.63) is 35.4 Å². The Labute approximate surface area is 135 Å². The molecule has 0 bridgehead atoms. The molecule has 0 radical (unpaired) electrons. The first kappa shape index (κ1) is 17.4.